The maximum atomic E-state index is 12.0. The molecule has 1 fully saturated rings. The number of nitrogens with one attached hydrogen (secondary N) is 1. The molecule has 0 aromatic heterocycles. The first-order valence-electron chi connectivity index (χ1n) is 6.37. The number of likely N-dealkylation sites (N-methyl/N-ethyl adjacent to an activating group) is 1. The van der Waals surface area contributed by atoms with Crippen molar-refractivity contribution < 1.29 is 9.59 Å². The third-order valence-corrected chi connectivity index (χ3v) is 3.83. The van der Waals surface area contributed by atoms with Gasteiger partial charge in [0.25, 0.3) is 0 Å². The van der Waals surface area contributed by atoms with E-state index in [1.54, 1.807) is 16.8 Å². The van der Waals surface area contributed by atoms with Crippen LogP contribution in [0.25, 0.3) is 0 Å². The molecule has 1 aliphatic rings. The Morgan fingerprint density at radius 3 is 2.52 bits per heavy atom. The lowest BCUT2D eigenvalue weighted by molar-refractivity contribution is -0.135. The molecule has 21 heavy (non-hydrogen) atoms. The van der Waals surface area contributed by atoms with Crippen LogP contribution in [-0.2, 0) is 9.59 Å². The van der Waals surface area contributed by atoms with Crippen molar-refractivity contribution in [1.29, 1.82) is 0 Å². The van der Waals surface area contributed by atoms with E-state index in [9.17, 15) is 9.59 Å². The van der Waals surface area contributed by atoms with Crippen LogP contribution in [0.3, 0.4) is 0 Å². The Morgan fingerprint density at radius 1 is 1.33 bits per heavy atom. The lowest BCUT2D eigenvalue weighted by Crippen LogP contribution is -2.50. The predicted molar refractivity (Wildman–Crippen MR) is 83.6 cm³/mol. The second-order valence-electron chi connectivity index (χ2n) is 4.93. The summed E-state index contributed by atoms with van der Waals surface area (Å²) in [4.78, 5) is 27.0. The number of hydrogen-bond donors (Lipinski definition) is 2. The molecule has 2 amide bonds. The summed E-state index contributed by atoms with van der Waals surface area (Å²) in [5.41, 5.74) is 6.36. The third kappa shape index (κ3) is 4.00. The second-order valence-corrected chi connectivity index (χ2v) is 5.75. The zero-order chi connectivity index (χ0) is 15.6. The van der Waals surface area contributed by atoms with E-state index in [0.717, 1.165) is 0 Å². The molecule has 1 aliphatic heterocycles. The zero-order valence-electron chi connectivity index (χ0n) is 11.5. The quantitative estimate of drug-likeness (QED) is 0.818. The van der Waals surface area contributed by atoms with E-state index in [2.05, 4.69) is 5.32 Å². The van der Waals surface area contributed by atoms with Crippen molar-refractivity contribution in [3.63, 3.8) is 0 Å². The van der Waals surface area contributed by atoms with E-state index in [-0.39, 0.29) is 34.9 Å². The Kier molecular flexibility index (Phi) is 4.92. The topological polar surface area (TPSA) is 78.7 Å². The highest BCUT2D eigenvalue weighted by Gasteiger charge is 2.23. The van der Waals surface area contributed by atoms with Crippen LogP contribution < -0.4 is 11.1 Å². The second kappa shape index (κ2) is 6.51. The summed E-state index contributed by atoms with van der Waals surface area (Å²) in [6.07, 6.45) is 0. The number of anilines is 2. The monoisotopic (exact) mass is 330 g/mol. The molecule has 3 N–H and O–H groups in total. The van der Waals surface area contributed by atoms with Crippen LogP contribution in [0, 0.1) is 0 Å². The van der Waals surface area contributed by atoms with Crippen molar-refractivity contribution in [1.82, 2.24) is 9.80 Å². The van der Waals surface area contributed by atoms with Gasteiger partial charge in [-0.2, -0.15) is 0 Å². The number of amides is 2. The van der Waals surface area contributed by atoms with Crippen LogP contribution >= 0.6 is 23.2 Å². The summed E-state index contributed by atoms with van der Waals surface area (Å²) in [6.45, 7) is 1.60. The molecule has 0 spiro atoms. The molecule has 0 bridgehead atoms. The highest BCUT2D eigenvalue weighted by Crippen LogP contribution is 2.32. The largest absolute Gasteiger partial charge is 0.399 e. The predicted octanol–water partition coefficient (Wildman–Crippen LogP) is 1.29. The molecule has 0 saturated carbocycles. The van der Waals surface area contributed by atoms with Crippen molar-refractivity contribution in [3.8, 4) is 0 Å². The molecule has 2 rings (SSSR count). The summed E-state index contributed by atoms with van der Waals surface area (Å²) < 4.78 is 0. The Morgan fingerprint density at radius 2 is 1.95 bits per heavy atom. The highest BCUT2D eigenvalue weighted by atomic mass is 35.5. The Balaban J connectivity index is 1.98. The first-order chi connectivity index (χ1) is 9.86. The standard InChI is InChI=1S/C13H16Cl2N4O2/c1-18-2-3-19(7-12(18)21)6-11(20)17-13-9(14)4-8(16)5-10(13)15/h4-5H,2-3,6-7,16H2,1H3,(H,17,20). The smallest absolute Gasteiger partial charge is 0.238 e. The van der Waals surface area contributed by atoms with Gasteiger partial charge in [-0.15, -0.1) is 0 Å². The van der Waals surface area contributed by atoms with Crippen molar-refractivity contribution in [2.45, 2.75) is 0 Å². The van der Waals surface area contributed by atoms with Crippen LogP contribution in [-0.4, -0.2) is 54.8 Å². The van der Waals surface area contributed by atoms with Crippen molar-refractivity contribution in [3.05, 3.63) is 22.2 Å². The van der Waals surface area contributed by atoms with Gasteiger partial charge in [-0.25, -0.2) is 0 Å². The summed E-state index contributed by atoms with van der Waals surface area (Å²) >= 11 is 12.0. The van der Waals surface area contributed by atoms with Gasteiger partial charge in [0.1, 0.15) is 0 Å². The maximum Gasteiger partial charge on any atom is 0.238 e. The summed E-state index contributed by atoms with van der Waals surface area (Å²) in [5, 5.41) is 3.21. The van der Waals surface area contributed by atoms with E-state index in [0.29, 0.717) is 24.5 Å². The molecule has 1 aromatic rings. The van der Waals surface area contributed by atoms with Gasteiger partial charge in [-0.3, -0.25) is 14.5 Å². The number of piperazine rings is 1. The number of benzene rings is 1. The molecular formula is C13H16Cl2N4O2. The van der Waals surface area contributed by atoms with Crippen LogP contribution in [0.4, 0.5) is 11.4 Å². The van der Waals surface area contributed by atoms with Crippen LogP contribution in [0.15, 0.2) is 12.1 Å². The van der Waals surface area contributed by atoms with E-state index in [1.807, 2.05) is 0 Å². The van der Waals surface area contributed by atoms with Gasteiger partial charge < -0.3 is 16.0 Å². The van der Waals surface area contributed by atoms with Crippen molar-refractivity contribution in [2.75, 3.05) is 44.3 Å². The SMILES string of the molecule is CN1CCN(CC(=O)Nc2c(Cl)cc(N)cc2Cl)CC1=O. The van der Waals surface area contributed by atoms with Gasteiger partial charge >= 0.3 is 0 Å². The van der Waals surface area contributed by atoms with Crippen LogP contribution in [0.1, 0.15) is 0 Å². The van der Waals surface area contributed by atoms with Gasteiger partial charge in [0, 0.05) is 25.8 Å². The molecular weight excluding hydrogens is 315 g/mol. The van der Waals surface area contributed by atoms with Gasteiger partial charge in [-0.05, 0) is 12.1 Å². The molecule has 1 aromatic carbocycles. The number of halogens is 2. The summed E-state index contributed by atoms with van der Waals surface area (Å²) in [6, 6.07) is 3.03. The molecule has 0 aliphatic carbocycles. The lowest BCUT2D eigenvalue weighted by Gasteiger charge is -2.31. The average Bonchev–Trinajstić information content (AvgIpc) is 2.38. The maximum absolute atomic E-state index is 12.0. The molecule has 1 heterocycles. The molecule has 0 radical (unpaired) electrons. The molecule has 114 valence electrons. The Bertz CT molecular complexity index is 556. The Labute approximate surface area is 132 Å². The lowest BCUT2D eigenvalue weighted by atomic mass is 10.2. The van der Waals surface area contributed by atoms with Crippen molar-refractivity contribution in [2.24, 2.45) is 0 Å². The minimum atomic E-state index is -0.277. The van der Waals surface area contributed by atoms with E-state index in [1.165, 1.54) is 12.1 Å². The average molecular weight is 331 g/mol. The molecule has 6 nitrogen and oxygen atoms in total. The first-order valence-corrected chi connectivity index (χ1v) is 7.13. The number of nitrogen functional groups attached to an aromatic ring is 1. The van der Waals surface area contributed by atoms with E-state index >= 15 is 0 Å². The van der Waals surface area contributed by atoms with E-state index < -0.39 is 0 Å². The fourth-order valence-electron chi connectivity index (χ4n) is 2.04. The number of carbonyl (C=O) groups excluding carboxylic acids is 2. The molecule has 1 saturated heterocycles. The number of nitrogens with zero attached hydrogens (tertiary/aromatic N) is 2. The third-order valence-electron chi connectivity index (χ3n) is 3.23. The normalized spacial score (nSPS) is 16.1. The van der Waals surface area contributed by atoms with Crippen LogP contribution in [0.5, 0.6) is 0 Å². The van der Waals surface area contributed by atoms with E-state index in [4.69, 9.17) is 28.9 Å². The zero-order valence-corrected chi connectivity index (χ0v) is 13.0. The fraction of sp³-hybridized carbons (Fsp3) is 0.385. The van der Waals surface area contributed by atoms with Crippen molar-refractivity contribution >= 4 is 46.4 Å². The van der Waals surface area contributed by atoms with Gasteiger partial charge in [0.2, 0.25) is 11.8 Å². The fourth-order valence-corrected chi connectivity index (χ4v) is 2.63. The van der Waals surface area contributed by atoms with Crippen LogP contribution in [0.2, 0.25) is 10.0 Å². The molecule has 0 unspecified atom stereocenters. The number of rotatable bonds is 3. The molecule has 0 atom stereocenters. The minimum Gasteiger partial charge on any atom is -0.399 e. The number of nitrogens with two attached hydrogens (primary N) is 1. The first kappa shape index (κ1) is 15.9. The van der Waals surface area contributed by atoms with Gasteiger partial charge in [0.05, 0.1) is 28.8 Å². The number of hydrogen-bond acceptors (Lipinski definition) is 4. The highest BCUT2D eigenvalue weighted by molar-refractivity contribution is 6.40. The Hall–Kier alpha value is -1.50. The summed E-state index contributed by atoms with van der Waals surface area (Å²) in [5.74, 6) is -0.279. The number of carbonyl (C=O) groups is 2. The molecule has 8 heteroatoms. The minimum absolute atomic E-state index is 0.00222. The van der Waals surface area contributed by atoms with Gasteiger partial charge in [-0.1, -0.05) is 23.2 Å². The van der Waals surface area contributed by atoms with Gasteiger partial charge in [0.15, 0.2) is 0 Å². The summed E-state index contributed by atoms with van der Waals surface area (Å²) in [7, 11) is 1.74.